The van der Waals surface area contributed by atoms with Crippen LogP contribution in [0.4, 0.5) is 5.69 Å². The van der Waals surface area contributed by atoms with E-state index < -0.39 is 0 Å². The van der Waals surface area contributed by atoms with E-state index in [1.165, 1.54) is 6.07 Å². The zero-order chi connectivity index (χ0) is 21.1. The van der Waals surface area contributed by atoms with Crippen molar-refractivity contribution in [3.8, 4) is 11.5 Å². The van der Waals surface area contributed by atoms with Crippen LogP contribution in [0.5, 0.6) is 11.5 Å². The summed E-state index contributed by atoms with van der Waals surface area (Å²) in [4.78, 5) is 27.8. The minimum absolute atomic E-state index is 0.0271. The Morgan fingerprint density at radius 3 is 2.53 bits per heavy atom. The summed E-state index contributed by atoms with van der Waals surface area (Å²) in [5.74, 6) is 0.148. The number of rotatable bonds is 4. The quantitative estimate of drug-likeness (QED) is 0.643. The fraction of sp³-hybridized carbons (Fsp3) is 0.250. The second-order valence-corrected chi connectivity index (χ2v) is 7.46. The first-order valence-corrected chi connectivity index (χ1v) is 10.0. The van der Waals surface area contributed by atoms with Gasteiger partial charge < -0.3 is 20.1 Å². The van der Waals surface area contributed by atoms with Crippen LogP contribution in [0.2, 0.25) is 0 Å². The van der Waals surface area contributed by atoms with Gasteiger partial charge in [-0.15, -0.1) is 0 Å². The van der Waals surface area contributed by atoms with Crippen molar-refractivity contribution in [1.82, 2.24) is 4.90 Å². The van der Waals surface area contributed by atoms with Gasteiger partial charge in [-0.25, -0.2) is 0 Å². The molecule has 0 aromatic heterocycles. The van der Waals surface area contributed by atoms with Crippen LogP contribution in [0.25, 0.3) is 10.8 Å². The maximum Gasteiger partial charge on any atom is 0.254 e. The van der Waals surface area contributed by atoms with Gasteiger partial charge in [0.2, 0.25) is 5.91 Å². The number of piperidine rings is 1. The third-order valence-corrected chi connectivity index (χ3v) is 5.58. The molecule has 1 saturated heterocycles. The third kappa shape index (κ3) is 3.81. The molecule has 1 fully saturated rings. The van der Waals surface area contributed by atoms with Crippen LogP contribution in [-0.2, 0) is 4.79 Å². The van der Waals surface area contributed by atoms with Crippen LogP contribution in [0.1, 0.15) is 23.2 Å². The van der Waals surface area contributed by atoms with Crippen molar-refractivity contribution in [2.75, 3.05) is 25.5 Å². The van der Waals surface area contributed by atoms with E-state index in [2.05, 4.69) is 5.32 Å². The SMILES string of the molecule is COc1ccc(C(=O)N2CCC[C@@H](C(=O)Nc3ccccc3O)C2)c2ccccc12. The van der Waals surface area contributed by atoms with Crippen molar-refractivity contribution < 1.29 is 19.4 Å². The average Bonchev–Trinajstić information content (AvgIpc) is 2.79. The van der Waals surface area contributed by atoms with Gasteiger partial charge in [0.25, 0.3) is 5.91 Å². The number of nitrogens with zero attached hydrogens (tertiary/aromatic N) is 1. The molecule has 30 heavy (non-hydrogen) atoms. The third-order valence-electron chi connectivity index (χ3n) is 5.58. The molecule has 3 aromatic rings. The minimum atomic E-state index is -0.327. The summed E-state index contributed by atoms with van der Waals surface area (Å²) < 4.78 is 5.42. The topological polar surface area (TPSA) is 78.9 Å². The number of nitrogens with one attached hydrogen (secondary N) is 1. The van der Waals surface area contributed by atoms with E-state index in [9.17, 15) is 14.7 Å². The smallest absolute Gasteiger partial charge is 0.254 e. The monoisotopic (exact) mass is 404 g/mol. The summed E-state index contributed by atoms with van der Waals surface area (Å²) in [7, 11) is 1.61. The number of carbonyl (C=O) groups is 2. The number of anilines is 1. The number of para-hydroxylation sites is 2. The van der Waals surface area contributed by atoms with Gasteiger partial charge in [-0.1, -0.05) is 36.4 Å². The number of benzene rings is 3. The van der Waals surface area contributed by atoms with Crippen molar-refractivity contribution in [2.24, 2.45) is 5.92 Å². The molecule has 0 unspecified atom stereocenters. The maximum atomic E-state index is 13.3. The highest BCUT2D eigenvalue weighted by Crippen LogP contribution is 2.30. The predicted molar refractivity (Wildman–Crippen MR) is 116 cm³/mol. The molecule has 6 nitrogen and oxygen atoms in total. The molecule has 0 radical (unpaired) electrons. The number of phenols is 1. The number of likely N-dealkylation sites (tertiary alicyclic amines) is 1. The largest absolute Gasteiger partial charge is 0.506 e. The zero-order valence-corrected chi connectivity index (χ0v) is 16.8. The number of aromatic hydroxyl groups is 1. The van der Waals surface area contributed by atoms with Gasteiger partial charge in [0, 0.05) is 24.0 Å². The predicted octanol–water partition coefficient (Wildman–Crippen LogP) is 4.04. The number of phenolic OH excluding ortho intramolecular Hbond substituents is 1. The summed E-state index contributed by atoms with van der Waals surface area (Å²) in [5, 5.41) is 14.4. The van der Waals surface area contributed by atoms with Gasteiger partial charge in [-0.05, 0) is 42.5 Å². The lowest BCUT2D eigenvalue weighted by atomic mass is 9.95. The van der Waals surface area contributed by atoms with Gasteiger partial charge in [0.15, 0.2) is 0 Å². The van der Waals surface area contributed by atoms with E-state index in [0.29, 0.717) is 30.8 Å². The first kappa shape index (κ1) is 19.8. The first-order valence-electron chi connectivity index (χ1n) is 10.0. The van der Waals surface area contributed by atoms with Gasteiger partial charge in [0.1, 0.15) is 11.5 Å². The Hall–Kier alpha value is -3.54. The Labute approximate surface area is 175 Å². The Kier molecular flexibility index (Phi) is 5.57. The van der Waals surface area contributed by atoms with Crippen molar-refractivity contribution in [3.05, 3.63) is 66.2 Å². The van der Waals surface area contributed by atoms with Gasteiger partial charge in [-0.2, -0.15) is 0 Å². The molecule has 2 N–H and O–H groups in total. The molecular weight excluding hydrogens is 380 g/mol. The second kappa shape index (κ2) is 8.45. The first-order chi connectivity index (χ1) is 14.6. The molecule has 1 heterocycles. The Morgan fingerprint density at radius 2 is 1.77 bits per heavy atom. The van der Waals surface area contributed by atoms with Crippen molar-refractivity contribution in [1.29, 1.82) is 0 Å². The highest BCUT2D eigenvalue weighted by Gasteiger charge is 2.30. The number of carbonyl (C=O) groups excluding carboxylic acids is 2. The number of ether oxygens (including phenoxy) is 1. The van der Waals surface area contributed by atoms with Crippen LogP contribution < -0.4 is 10.1 Å². The van der Waals surface area contributed by atoms with E-state index >= 15 is 0 Å². The van der Waals surface area contributed by atoms with Crippen LogP contribution in [-0.4, -0.2) is 42.0 Å². The van der Waals surface area contributed by atoms with E-state index in [1.54, 1.807) is 36.3 Å². The van der Waals surface area contributed by atoms with Crippen LogP contribution in [0, 0.1) is 5.92 Å². The molecule has 1 aliphatic heterocycles. The Morgan fingerprint density at radius 1 is 1.03 bits per heavy atom. The molecule has 1 atom stereocenters. The number of hydrogen-bond acceptors (Lipinski definition) is 4. The van der Waals surface area contributed by atoms with E-state index in [4.69, 9.17) is 4.74 Å². The lowest BCUT2D eigenvalue weighted by Crippen LogP contribution is -2.43. The summed E-state index contributed by atoms with van der Waals surface area (Å²) in [6.07, 6.45) is 1.45. The average molecular weight is 404 g/mol. The Balaban J connectivity index is 1.54. The van der Waals surface area contributed by atoms with E-state index in [-0.39, 0.29) is 23.5 Å². The highest BCUT2D eigenvalue weighted by molar-refractivity contribution is 6.08. The minimum Gasteiger partial charge on any atom is -0.506 e. The molecule has 2 amide bonds. The van der Waals surface area contributed by atoms with E-state index in [0.717, 1.165) is 22.9 Å². The lowest BCUT2D eigenvalue weighted by Gasteiger charge is -2.32. The maximum absolute atomic E-state index is 13.3. The normalized spacial score (nSPS) is 16.3. The molecule has 0 bridgehead atoms. The van der Waals surface area contributed by atoms with Crippen molar-refractivity contribution in [3.63, 3.8) is 0 Å². The van der Waals surface area contributed by atoms with Crippen LogP contribution >= 0.6 is 0 Å². The summed E-state index contributed by atoms with van der Waals surface area (Å²) in [6.45, 7) is 0.957. The molecular formula is C24H24N2O4. The summed E-state index contributed by atoms with van der Waals surface area (Å²) in [6, 6.07) is 17.9. The van der Waals surface area contributed by atoms with Gasteiger partial charge in [-0.3, -0.25) is 9.59 Å². The Bertz CT molecular complexity index is 1100. The number of methoxy groups -OCH3 is 1. The number of fused-ring (bicyclic) bond motifs is 1. The van der Waals surface area contributed by atoms with Crippen LogP contribution in [0.15, 0.2) is 60.7 Å². The fourth-order valence-corrected chi connectivity index (χ4v) is 4.00. The fourth-order valence-electron chi connectivity index (χ4n) is 4.00. The summed E-state index contributed by atoms with van der Waals surface area (Å²) >= 11 is 0. The summed E-state index contributed by atoms with van der Waals surface area (Å²) in [5.41, 5.74) is 0.986. The highest BCUT2D eigenvalue weighted by atomic mass is 16.5. The number of amides is 2. The molecule has 1 aliphatic rings. The standard InChI is InChI=1S/C24H24N2O4/c1-30-22-13-12-19(17-8-2-3-9-18(17)22)24(29)26-14-6-7-16(15-26)23(28)25-20-10-4-5-11-21(20)27/h2-5,8-13,16,27H,6-7,14-15H2,1H3,(H,25,28)/t16-/m1/s1. The van der Waals surface area contributed by atoms with E-state index in [1.807, 2.05) is 30.3 Å². The lowest BCUT2D eigenvalue weighted by molar-refractivity contribution is -0.121. The number of hydrogen-bond donors (Lipinski definition) is 2. The van der Waals surface area contributed by atoms with Crippen LogP contribution in [0.3, 0.4) is 0 Å². The molecule has 4 rings (SSSR count). The van der Waals surface area contributed by atoms with Crippen molar-refractivity contribution in [2.45, 2.75) is 12.8 Å². The molecule has 154 valence electrons. The molecule has 0 spiro atoms. The zero-order valence-electron chi connectivity index (χ0n) is 16.8. The molecule has 0 saturated carbocycles. The molecule has 6 heteroatoms. The molecule has 3 aromatic carbocycles. The second-order valence-electron chi connectivity index (χ2n) is 7.46. The van der Waals surface area contributed by atoms with Gasteiger partial charge in [0.05, 0.1) is 18.7 Å². The van der Waals surface area contributed by atoms with Gasteiger partial charge >= 0.3 is 0 Å². The van der Waals surface area contributed by atoms with Crippen molar-refractivity contribution >= 4 is 28.3 Å². The molecule has 0 aliphatic carbocycles.